The first kappa shape index (κ1) is 15.6. The SMILES string of the molecule is CCOC(=O)c1cc(N2CCC(C(C)C)CC2)ncc1N. The number of nitrogens with zero attached hydrogens (tertiary/aromatic N) is 2. The topological polar surface area (TPSA) is 68.5 Å². The van der Waals surface area contributed by atoms with E-state index in [1.165, 1.54) is 12.8 Å². The van der Waals surface area contributed by atoms with E-state index in [0.29, 0.717) is 17.9 Å². The molecule has 0 aliphatic carbocycles. The van der Waals surface area contributed by atoms with E-state index in [0.717, 1.165) is 30.7 Å². The van der Waals surface area contributed by atoms with Crippen molar-refractivity contribution >= 4 is 17.5 Å². The number of hydrogen-bond donors (Lipinski definition) is 1. The van der Waals surface area contributed by atoms with E-state index in [-0.39, 0.29) is 5.97 Å². The Bertz CT molecular complexity index is 494. The van der Waals surface area contributed by atoms with Gasteiger partial charge in [-0.05, 0) is 37.7 Å². The predicted molar refractivity (Wildman–Crippen MR) is 84.4 cm³/mol. The van der Waals surface area contributed by atoms with Crippen molar-refractivity contribution in [3.63, 3.8) is 0 Å². The highest BCUT2D eigenvalue weighted by Crippen LogP contribution is 2.28. The molecular weight excluding hydrogens is 266 g/mol. The van der Waals surface area contributed by atoms with Crippen LogP contribution in [-0.2, 0) is 4.74 Å². The fraction of sp³-hybridized carbons (Fsp3) is 0.625. The van der Waals surface area contributed by atoms with Gasteiger partial charge in [-0.3, -0.25) is 0 Å². The van der Waals surface area contributed by atoms with Crippen molar-refractivity contribution < 1.29 is 9.53 Å². The number of esters is 1. The summed E-state index contributed by atoms with van der Waals surface area (Å²) < 4.78 is 5.03. The smallest absolute Gasteiger partial charge is 0.340 e. The van der Waals surface area contributed by atoms with Crippen molar-refractivity contribution in [1.82, 2.24) is 4.98 Å². The highest BCUT2D eigenvalue weighted by atomic mass is 16.5. The first-order valence-corrected chi connectivity index (χ1v) is 7.70. The van der Waals surface area contributed by atoms with Crippen LogP contribution in [0.2, 0.25) is 0 Å². The zero-order chi connectivity index (χ0) is 15.4. The Kier molecular flexibility index (Phi) is 5.04. The molecule has 0 radical (unpaired) electrons. The highest BCUT2D eigenvalue weighted by Gasteiger charge is 2.23. The molecule has 0 spiro atoms. The van der Waals surface area contributed by atoms with Crippen LogP contribution < -0.4 is 10.6 Å². The lowest BCUT2D eigenvalue weighted by atomic mass is 9.87. The molecule has 0 saturated carbocycles. The maximum Gasteiger partial charge on any atom is 0.340 e. The molecule has 1 aromatic rings. The molecule has 1 aromatic heterocycles. The standard InChI is InChI=1S/C16H25N3O2/c1-4-21-16(20)13-9-15(18-10-14(13)17)19-7-5-12(6-8-19)11(2)3/h9-12H,4-8,17H2,1-3H3. The summed E-state index contributed by atoms with van der Waals surface area (Å²) in [6.45, 7) is 8.63. The van der Waals surface area contributed by atoms with Gasteiger partial charge in [-0.15, -0.1) is 0 Å². The molecular formula is C16H25N3O2. The summed E-state index contributed by atoms with van der Waals surface area (Å²) >= 11 is 0. The Morgan fingerprint density at radius 2 is 2.14 bits per heavy atom. The minimum absolute atomic E-state index is 0.343. The molecule has 5 heteroatoms. The molecule has 1 fully saturated rings. The summed E-state index contributed by atoms with van der Waals surface area (Å²) in [5, 5.41) is 0. The first-order chi connectivity index (χ1) is 10.0. The van der Waals surface area contributed by atoms with Crippen LogP contribution in [0.5, 0.6) is 0 Å². The van der Waals surface area contributed by atoms with Gasteiger partial charge in [0.15, 0.2) is 0 Å². The second-order valence-corrected chi connectivity index (χ2v) is 5.92. The molecule has 2 heterocycles. The molecule has 21 heavy (non-hydrogen) atoms. The van der Waals surface area contributed by atoms with E-state index < -0.39 is 0 Å². The Labute approximate surface area is 126 Å². The number of nitrogen functional groups attached to an aromatic ring is 1. The summed E-state index contributed by atoms with van der Waals surface area (Å²) in [5.74, 6) is 1.94. The van der Waals surface area contributed by atoms with Gasteiger partial charge in [-0.25, -0.2) is 9.78 Å². The third-order valence-electron chi connectivity index (χ3n) is 4.22. The molecule has 0 amide bonds. The summed E-state index contributed by atoms with van der Waals surface area (Å²) in [5.41, 5.74) is 6.61. The third-order valence-corrected chi connectivity index (χ3v) is 4.22. The molecule has 1 saturated heterocycles. The number of aromatic nitrogens is 1. The number of carbonyl (C=O) groups excluding carboxylic acids is 1. The summed E-state index contributed by atoms with van der Waals surface area (Å²) in [6, 6.07) is 1.75. The van der Waals surface area contributed by atoms with Crippen LogP contribution in [0, 0.1) is 11.8 Å². The van der Waals surface area contributed by atoms with Gasteiger partial charge >= 0.3 is 5.97 Å². The monoisotopic (exact) mass is 291 g/mol. The molecule has 5 nitrogen and oxygen atoms in total. The van der Waals surface area contributed by atoms with Crippen molar-refractivity contribution in [2.75, 3.05) is 30.3 Å². The zero-order valence-electron chi connectivity index (χ0n) is 13.1. The summed E-state index contributed by atoms with van der Waals surface area (Å²) in [6.07, 6.45) is 3.88. The molecule has 0 bridgehead atoms. The van der Waals surface area contributed by atoms with Gasteiger partial charge in [-0.1, -0.05) is 13.8 Å². The lowest BCUT2D eigenvalue weighted by molar-refractivity contribution is 0.0527. The number of pyridine rings is 1. The molecule has 0 unspecified atom stereocenters. The Morgan fingerprint density at radius 3 is 2.71 bits per heavy atom. The van der Waals surface area contributed by atoms with Gasteiger partial charge in [0.05, 0.1) is 24.1 Å². The maximum absolute atomic E-state index is 11.9. The largest absolute Gasteiger partial charge is 0.462 e. The average molecular weight is 291 g/mol. The number of nitrogens with two attached hydrogens (primary N) is 1. The van der Waals surface area contributed by atoms with Gasteiger partial charge in [0, 0.05) is 13.1 Å². The molecule has 116 valence electrons. The normalized spacial score (nSPS) is 16.3. The van der Waals surface area contributed by atoms with Crippen LogP contribution in [-0.4, -0.2) is 30.6 Å². The molecule has 2 rings (SSSR count). The van der Waals surface area contributed by atoms with Crippen LogP contribution in [0.4, 0.5) is 11.5 Å². The number of hydrogen-bond acceptors (Lipinski definition) is 5. The van der Waals surface area contributed by atoms with Crippen molar-refractivity contribution in [2.45, 2.75) is 33.6 Å². The molecule has 2 N–H and O–H groups in total. The van der Waals surface area contributed by atoms with E-state index in [1.54, 1.807) is 19.2 Å². The number of carbonyl (C=O) groups is 1. The summed E-state index contributed by atoms with van der Waals surface area (Å²) in [4.78, 5) is 18.5. The van der Waals surface area contributed by atoms with E-state index >= 15 is 0 Å². The first-order valence-electron chi connectivity index (χ1n) is 7.70. The second-order valence-electron chi connectivity index (χ2n) is 5.92. The second kappa shape index (κ2) is 6.78. The van der Waals surface area contributed by atoms with Crippen LogP contribution in [0.25, 0.3) is 0 Å². The maximum atomic E-state index is 11.9. The molecule has 1 aliphatic rings. The van der Waals surface area contributed by atoms with Gasteiger partial charge in [0.25, 0.3) is 0 Å². The van der Waals surface area contributed by atoms with E-state index in [9.17, 15) is 4.79 Å². The molecule has 1 aliphatic heterocycles. The molecule has 0 atom stereocenters. The van der Waals surface area contributed by atoms with Gasteiger partial charge < -0.3 is 15.4 Å². The third kappa shape index (κ3) is 3.65. The minimum atomic E-state index is -0.379. The molecule has 0 aromatic carbocycles. The van der Waals surface area contributed by atoms with Crippen LogP contribution in [0.15, 0.2) is 12.3 Å². The summed E-state index contributed by atoms with van der Waals surface area (Å²) in [7, 11) is 0. The van der Waals surface area contributed by atoms with Crippen molar-refractivity contribution in [1.29, 1.82) is 0 Å². The van der Waals surface area contributed by atoms with Gasteiger partial charge in [0.2, 0.25) is 0 Å². The van der Waals surface area contributed by atoms with Crippen molar-refractivity contribution in [3.05, 3.63) is 17.8 Å². The Hall–Kier alpha value is -1.78. The fourth-order valence-electron chi connectivity index (χ4n) is 2.81. The van der Waals surface area contributed by atoms with E-state index in [1.807, 2.05) is 0 Å². The lowest BCUT2D eigenvalue weighted by Crippen LogP contribution is -2.35. The van der Waals surface area contributed by atoms with Gasteiger partial charge in [-0.2, -0.15) is 0 Å². The van der Waals surface area contributed by atoms with Crippen LogP contribution >= 0.6 is 0 Å². The van der Waals surface area contributed by atoms with Gasteiger partial charge in [0.1, 0.15) is 5.82 Å². The predicted octanol–water partition coefficient (Wildman–Crippen LogP) is 2.71. The van der Waals surface area contributed by atoms with E-state index in [4.69, 9.17) is 10.5 Å². The zero-order valence-corrected chi connectivity index (χ0v) is 13.1. The fourth-order valence-corrected chi connectivity index (χ4v) is 2.81. The Morgan fingerprint density at radius 1 is 1.48 bits per heavy atom. The van der Waals surface area contributed by atoms with Crippen molar-refractivity contribution in [3.8, 4) is 0 Å². The minimum Gasteiger partial charge on any atom is -0.462 e. The van der Waals surface area contributed by atoms with Crippen LogP contribution in [0.3, 0.4) is 0 Å². The average Bonchev–Trinajstić information content (AvgIpc) is 2.48. The Balaban J connectivity index is 2.11. The number of ether oxygens (including phenoxy) is 1. The lowest BCUT2D eigenvalue weighted by Gasteiger charge is -2.34. The van der Waals surface area contributed by atoms with Crippen molar-refractivity contribution in [2.24, 2.45) is 11.8 Å². The number of piperidine rings is 1. The highest BCUT2D eigenvalue weighted by molar-refractivity contribution is 5.95. The number of rotatable bonds is 4. The van der Waals surface area contributed by atoms with E-state index in [2.05, 4.69) is 23.7 Å². The van der Waals surface area contributed by atoms with Crippen LogP contribution in [0.1, 0.15) is 44.0 Å². The number of anilines is 2. The quantitative estimate of drug-likeness (QED) is 0.864.